The molecule has 0 aliphatic heterocycles. The molecule has 0 radical (unpaired) electrons. The van der Waals surface area contributed by atoms with Crippen molar-refractivity contribution in [2.75, 3.05) is 19.6 Å². The Morgan fingerprint density at radius 3 is 2.46 bits per heavy atom. The fraction of sp³-hybridized carbons (Fsp3) is 0.875. The summed E-state index contributed by atoms with van der Waals surface area (Å²) >= 11 is 5.43. The summed E-state index contributed by atoms with van der Waals surface area (Å²) in [5.41, 5.74) is 0. The zero-order valence-corrected chi connectivity index (χ0v) is 8.84. The van der Waals surface area contributed by atoms with Gasteiger partial charge >= 0.3 is 6.16 Å². The van der Waals surface area contributed by atoms with Crippen molar-refractivity contribution in [1.29, 1.82) is 0 Å². The molecule has 0 heterocycles. The van der Waals surface area contributed by atoms with E-state index in [9.17, 15) is 4.79 Å². The number of hydrogen-bond acceptors (Lipinski definition) is 4. The summed E-state index contributed by atoms with van der Waals surface area (Å²) < 4.78 is 14.3. The van der Waals surface area contributed by atoms with Crippen LogP contribution in [-0.4, -0.2) is 38.0 Å². The number of alkyl halides is 1. The Kier molecular flexibility index (Phi) is 6.72. The van der Waals surface area contributed by atoms with Gasteiger partial charge in [-0.05, 0) is 13.8 Å². The maximum Gasteiger partial charge on any atom is 0.508 e. The molecule has 2 unspecified atom stereocenters. The molecule has 0 aliphatic carbocycles. The summed E-state index contributed by atoms with van der Waals surface area (Å²) in [5, 5.41) is 0. The lowest BCUT2D eigenvalue weighted by atomic mass is 10.4. The standard InChI is InChI=1S/C8H15ClO4/c1-6(4-9)13-8(10)12-5-7(2)11-3/h6-7H,4-5H2,1-3H3. The van der Waals surface area contributed by atoms with E-state index < -0.39 is 6.16 Å². The van der Waals surface area contributed by atoms with Crippen molar-refractivity contribution in [3.8, 4) is 0 Å². The maximum absolute atomic E-state index is 10.9. The van der Waals surface area contributed by atoms with E-state index in [0.29, 0.717) is 0 Å². The summed E-state index contributed by atoms with van der Waals surface area (Å²) in [5.74, 6) is 0.259. The van der Waals surface area contributed by atoms with Crippen LogP contribution in [0.1, 0.15) is 13.8 Å². The van der Waals surface area contributed by atoms with Crippen molar-refractivity contribution in [3.63, 3.8) is 0 Å². The third kappa shape index (κ3) is 6.66. The largest absolute Gasteiger partial charge is 0.508 e. The molecule has 0 aromatic heterocycles. The second-order valence-corrected chi connectivity index (χ2v) is 3.00. The lowest BCUT2D eigenvalue weighted by Crippen LogP contribution is -2.22. The molecule has 2 atom stereocenters. The third-order valence-electron chi connectivity index (χ3n) is 1.35. The quantitative estimate of drug-likeness (QED) is 0.513. The highest BCUT2D eigenvalue weighted by Crippen LogP contribution is 1.98. The van der Waals surface area contributed by atoms with E-state index in [1.807, 2.05) is 0 Å². The van der Waals surface area contributed by atoms with Gasteiger partial charge in [0.15, 0.2) is 0 Å². The second-order valence-electron chi connectivity index (χ2n) is 2.69. The summed E-state index contributed by atoms with van der Waals surface area (Å²) in [6, 6.07) is 0. The van der Waals surface area contributed by atoms with Gasteiger partial charge in [-0.15, -0.1) is 11.6 Å². The molecule has 5 heteroatoms. The van der Waals surface area contributed by atoms with E-state index >= 15 is 0 Å². The smallest absolute Gasteiger partial charge is 0.432 e. The highest BCUT2D eigenvalue weighted by Gasteiger charge is 2.10. The van der Waals surface area contributed by atoms with E-state index in [-0.39, 0.29) is 24.7 Å². The Bertz CT molecular complexity index is 151. The molecule has 78 valence electrons. The van der Waals surface area contributed by atoms with Crippen LogP contribution < -0.4 is 0 Å². The monoisotopic (exact) mass is 210 g/mol. The maximum atomic E-state index is 10.9. The molecule has 4 nitrogen and oxygen atoms in total. The van der Waals surface area contributed by atoms with Gasteiger partial charge in [0.1, 0.15) is 12.7 Å². The third-order valence-corrected chi connectivity index (χ3v) is 1.79. The fourth-order valence-electron chi connectivity index (χ4n) is 0.483. The van der Waals surface area contributed by atoms with Crippen molar-refractivity contribution in [1.82, 2.24) is 0 Å². The number of carbonyl (C=O) groups is 1. The lowest BCUT2D eigenvalue weighted by Gasteiger charge is -2.12. The number of halogens is 1. The molecule has 0 bridgehead atoms. The molecule has 13 heavy (non-hydrogen) atoms. The van der Waals surface area contributed by atoms with Gasteiger partial charge in [-0.2, -0.15) is 0 Å². The first-order valence-corrected chi connectivity index (χ1v) is 4.55. The van der Waals surface area contributed by atoms with Gasteiger partial charge in [0.25, 0.3) is 0 Å². The van der Waals surface area contributed by atoms with Gasteiger partial charge in [-0.3, -0.25) is 0 Å². The number of hydrogen-bond donors (Lipinski definition) is 0. The lowest BCUT2D eigenvalue weighted by molar-refractivity contribution is -0.00158. The van der Waals surface area contributed by atoms with E-state index in [4.69, 9.17) is 25.8 Å². The van der Waals surface area contributed by atoms with Crippen LogP contribution in [0.25, 0.3) is 0 Å². The summed E-state index contributed by atoms with van der Waals surface area (Å²) in [6.07, 6.45) is -1.16. The molecule has 0 amide bonds. The van der Waals surface area contributed by atoms with Crippen LogP contribution in [0.2, 0.25) is 0 Å². The number of ether oxygens (including phenoxy) is 3. The minimum Gasteiger partial charge on any atom is -0.432 e. The van der Waals surface area contributed by atoms with Crippen LogP contribution in [0.5, 0.6) is 0 Å². The van der Waals surface area contributed by atoms with Crippen molar-refractivity contribution in [2.24, 2.45) is 0 Å². The summed E-state index contributed by atoms with van der Waals surface area (Å²) in [4.78, 5) is 10.9. The van der Waals surface area contributed by atoms with Gasteiger partial charge in [-0.1, -0.05) is 0 Å². The van der Waals surface area contributed by atoms with Gasteiger partial charge < -0.3 is 14.2 Å². The highest BCUT2D eigenvalue weighted by atomic mass is 35.5. The first kappa shape index (κ1) is 12.5. The number of carbonyl (C=O) groups excluding carboxylic acids is 1. The predicted molar refractivity (Wildman–Crippen MR) is 49.1 cm³/mol. The van der Waals surface area contributed by atoms with Gasteiger partial charge in [0.05, 0.1) is 12.0 Å². The Balaban J connectivity index is 3.51. The van der Waals surface area contributed by atoms with E-state index in [0.717, 1.165) is 0 Å². The number of methoxy groups -OCH3 is 1. The number of rotatable bonds is 5. The van der Waals surface area contributed by atoms with Crippen LogP contribution in [0.3, 0.4) is 0 Å². The fourth-order valence-corrected chi connectivity index (χ4v) is 0.546. The van der Waals surface area contributed by atoms with Gasteiger partial charge in [-0.25, -0.2) is 4.79 Å². The van der Waals surface area contributed by atoms with Crippen LogP contribution in [-0.2, 0) is 14.2 Å². The topological polar surface area (TPSA) is 44.8 Å². The van der Waals surface area contributed by atoms with Crippen molar-refractivity contribution < 1.29 is 19.0 Å². The first-order chi connectivity index (χ1) is 6.10. The van der Waals surface area contributed by atoms with Gasteiger partial charge in [0.2, 0.25) is 0 Å². The van der Waals surface area contributed by atoms with Crippen molar-refractivity contribution in [3.05, 3.63) is 0 Å². The highest BCUT2D eigenvalue weighted by molar-refractivity contribution is 6.18. The van der Waals surface area contributed by atoms with Crippen molar-refractivity contribution in [2.45, 2.75) is 26.1 Å². The normalized spacial score (nSPS) is 14.8. The molecule has 0 saturated carbocycles. The minimum absolute atomic E-state index is 0.126. The zero-order chi connectivity index (χ0) is 10.3. The molecule has 0 spiro atoms. The molecule has 0 N–H and O–H groups in total. The van der Waals surface area contributed by atoms with Crippen LogP contribution in [0.15, 0.2) is 0 Å². The molecule has 0 rings (SSSR count). The van der Waals surface area contributed by atoms with Crippen LogP contribution in [0.4, 0.5) is 4.79 Å². The minimum atomic E-state index is -0.711. The summed E-state index contributed by atoms with van der Waals surface area (Å²) in [6.45, 7) is 3.66. The van der Waals surface area contributed by atoms with Gasteiger partial charge in [0, 0.05) is 7.11 Å². The Labute approximate surface area is 83.1 Å². The molecule has 0 aromatic carbocycles. The average molecular weight is 211 g/mol. The molecule has 0 aliphatic rings. The van der Waals surface area contributed by atoms with E-state index in [1.165, 1.54) is 0 Å². The first-order valence-electron chi connectivity index (χ1n) is 4.02. The van der Waals surface area contributed by atoms with Crippen molar-refractivity contribution >= 4 is 17.8 Å². The van der Waals surface area contributed by atoms with Crippen LogP contribution >= 0.6 is 11.6 Å². The zero-order valence-electron chi connectivity index (χ0n) is 8.08. The second kappa shape index (κ2) is 6.97. The Hall–Kier alpha value is -0.480. The molecular formula is C8H15ClO4. The Morgan fingerprint density at radius 2 is 2.00 bits per heavy atom. The van der Waals surface area contributed by atoms with E-state index in [1.54, 1.807) is 21.0 Å². The summed E-state index contributed by atoms with van der Waals surface area (Å²) in [7, 11) is 1.54. The average Bonchev–Trinajstić information content (AvgIpc) is 2.13. The predicted octanol–water partition coefficient (Wildman–Crippen LogP) is 1.80. The molecule has 0 saturated heterocycles. The molecule has 0 aromatic rings. The molecule has 0 fully saturated rings. The Morgan fingerprint density at radius 1 is 1.38 bits per heavy atom. The SMILES string of the molecule is COC(C)COC(=O)OC(C)CCl. The molecular weight excluding hydrogens is 196 g/mol. The van der Waals surface area contributed by atoms with E-state index in [2.05, 4.69) is 0 Å². The van der Waals surface area contributed by atoms with Crippen LogP contribution in [0, 0.1) is 0 Å².